The molecule has 0 unspecified atom stereocenters. The highest BCUT2D eigenvalue weighted by molar-refractivity contribution is 5.98. The van der Waals surface area contributed by atoms with Gasteiger partial charge in [0, 0.05) is 6.42 Å². The van der Waals surface area contributed by atoms with E-state index in [1.165, 1.54) is 0 Å². The molecule has 0 saturated carbocycles. The van der Waals surface area contributed by atoms with Gasteiger partial charge in [-0.2, -0.15) is 0 Å². The number of ether oxygens (including phenoxy) is 1. The topological polar surface area (TPSA) is 26.3 Å². The molecule has 0 atom stereocenters. The first-order valence-electron chi connectivity index (χ1n) is 6.31. The van der Waals surface area contributed by atoms with Crippen molar-refractivity contribution in [2.24, 2.45) is 5.92 Å². The van der Waals surface area contributed by atoms with Gasteiger partial charge in [-0.3, -0.25) is 4.79 Å². The van der Waals surface area contributed by atoms with Crippen LogP contribution in [0.1, 0.15) is 49.5 Å². The number of carbonyl (C=O) groups is 1. The van der Waals surface area contributed by atoms with Crippen molar-refractivity contribution in [3.63, 3.8) is 0 Å². The van der Waals surface area contributed by atoms with Crippen LogP contribution in [-0.4, -0.2) is 12.4 Å². The molecule has 0 heterocycles. The molecule has 1 aromatic rings. The van der Waals surface area contributed by atoms with Gasteiger partial charge in [-0.25, -0.2) is 0 Å². The largest absolute Gasteiger partial charge is 0.493 e. The Morgan fingerprint density at radius 1 is 1.35 bits per heavy atom. The lowest BCUT2D eigenvalue weighted by atomic mass is 10.0. The second kappa shape index (κ2) is 6.43. The molecule has 0 aromatic heterocycles. The predicted octanol–water partition coefficient (Wildman–Crippen LogP) is 4.01. The third-order valence-electron chi connectivity index (χ3n) is 2.48. The molecule has 0 saturated heterocycles. The normalized spacial score (nSPS) is 10.6. The molecule has 0 aliphatic carbocycles. The number of hydrogen-bond acceptors (Lipinski definition) is 2. The Bertz CT molecular complexity index is 381. The first kappa shape index (κ1) is 13.8. The maximum atomic E-state index is 12.0. The van der Waals surface area contributed by atoms with Crippen molar-refractivity contribution in [3.8, 4) is 5.75 Å². The van der Waals surface area contributed by atoms with Crippen LogP contribution in [0.25, 0.3) is 0 Å². The first-order valence-corrected chi connectivity index (χ1v) is 6.31. The number of benzene rings is 1. The molecule has 0 aliphatic heterocycles. The fourth-order valence-corrected chi connectivity index (χ4v) is 1.61. The van der Waals surface area contributed by atoms with E-state index in [4.69, 9.17) is 4.74 Å². The van der Waals surface area contributed by atoms with Gasteiger partial charge in [0.05, 0.1) is 12.2 Å². The van der Waals surface area contributed by atoms with Crippen LogP contribution < -0.4 is 4.74 Å². The minimum absolute atomic E-state index is 0.176. The van der Waals surface area contributed by atoms with E-state index in [0.717, 1.165) is 23.3 Å². The molecule has 1 aromatic carbocycles. The zero-order valence-electron chi connectivity index (χ0n) is 11.2. The Hall–Kier alpha value is -1.31. The summed E-state index contributed by atoms with van der Waals surface area (Å²) in [5.41, 5.74) is 1.83. The van der Waals surface area contributed by atoms with Crippen LogP contribution in [0.4, 0.5) is 0 Å². The highest BCUT2D eigenvalue weighted by atomic mass is 16.5. The SMILES string of the molecule is CCCC(=O)c1cc(C)ccc1OCC(C)C. The number of aryl methyl sites for hydroxylation is 1. The van der Waals surface area contributed by atoms with E-state index < -0.39 is 0 Å². The first-order chi connectivity index (χ1) is 8.04. The monoisotopic (exact) mass is 234 g/mol. The van der Waals surface area contributed by atoms with Crippen LogP contribution in [0, 0.1) is 12.8 Å². The highest BCUT2D eigenvalue weighted by Gasteiger charge is 2.12. The fraction of sp³-hybridized carbons (Fsp3) is 0.533. The van der Waals surface area contributed by atoms with Crippen molar-refractivity contribution < 1.29 is 9.53 Å². The van der Waals surface area contributed by atoms with Gasteiger partial charge >= 0.3 is 0 Å². The summed E-state index contributed by atoms with van der Waals surface area (Å²) in [6.45, 7) is 8.86. The van der Waals surface area contributed by atoms with Crippen molar-refractivity contribution in [1.29, 1.82) is 0 Å². The van der Waals surface area contributed by atoms with Crippen molar-refractivity contribution in [2.75, 3.05) is 6.61 Å². The van der Waals surface area contributed by atoms with Crippen LogP contribution in [0.15, 0.2) is 18.2 Å². The Balaban J connectivity index is 2.91. The van der Waals surface area contributed by atoms with E-state index in [1.807, 2.05) is 32.0 Å². The smallest absolute Gasteiger partial charge is 0.166 e. The molecule has 1 rings (SSSR count). The van der Waals surface area contributed by atoms with Gasteiger partial charge in [0.1, 0.15) is 5.75 Å². The van der Waals surface area contributed by atoms with Crippen LogP contribution in [0.3, 0.4) is 0 Å². The Kier molecular flexibility index (Phi) is 5.20. The lowest BCUT2D eigenvalue weighted by Crippen LogP contribution is -2.09. The van der Waals surface area contributed by atoms with E-state index in [9.17, 15) is 4.79 Å². The number of rotatable bonds is 6. The number of ketones is 1. The molecular formula is C15H22O2. The van der Waals surface area contributed by atoms with Gasteiger partial charge in [0.2, 0.25) is 0 Å². The maximum Gasteiger partial charge on any atom is 0.166 e. The van der Waals surface area contributed by atoms with Gasteiger partial charge in [-0.05, 0) is 31.4 Å². The van der Waals surface area contributed by atoms with E-state index in [0.29, 0.717) is 18.9 Å². The van der Waals surface area contributed by atoms with E-state index in [2.05, 4.69) is 13.8 Å². The van der Waals surface area contributed by atoms with Gasteiger partial charge in [0.15, 0.2) is 5.78 Å². The minimum atomic E-state index is 0.176. The maximum absolute atomic E-state index is 12.0. The number of hydrogen-bond donors (Lipinski definition) is 0. The number of carbonyl (C=O) groups excluding carboxylic acids is 1. The second-order valence-electron chi connectivity index (χ2n) is 4.88. The molecule has 0 aliphatic rings. The summed E-state index contributed by atoms with van der Waals surface area (Å²) in [6, 6.07) is 5.81. The second-order valence-corrected chi connectivity index (χ2v) is 4.88. The van der Waals surface area contributed by atoms with Gasteiger partial charge < -0.3 is 4.74 Å². The van der Waals surface area contributed by atoms with Crippen LogP contribution in [0.2, 0.25) is 0 Å². The molecule has 2 heteroatoms. The Labute approximate surface area is 104 Å². The number of Topliss-reactive ketones (excluding diaryl/α,β-unsaturated/α-hetero) is 1. The van der Waals surface area contributed by atoms with Crippen LogP contribution in [0.5, 0.6) is 5.75 Å². The Morgan fingerprint density at radius 2 is 2.06 bits per heavy atom. The van der Waals surface area contributed by atoms with E-state index in [-0.39, 0.29) is 5.78 Å². The van der Waals surface area contributed by atoms with E-state index in [1.54, 1.807) is 0 Å². The van der Waals surface area contributed by atoms with E-state index >= 15 is 0 Å². The molecule has 0 spiro atoms. The highest BCUT2D eigenvalue weighted by Crippen LogP contribution is 2.22. The standard InChI is InChI=1S/C15H22O2/c1-5-6-14(16)13-9-12(4)7-8-15(13)17-10-11(2)3/h7-9,11H,5-6,10H2,1-4H3. The summed E-state index contributed by atoms with van der Waals surface area (Å²) in [7, 11) is 0. The van der Waals surface area contributed by atoms with Crippen LogP contribution >= 0.6 is 0 Å². The van der Waals surface area contributed by atoms with Gasteiger partial charge in [-0.15, -0.1) is 0 Å². The zero-order valence-corrected chi connectivity index (χ0v) is 11.2. The fourth-order valence-electron chi connectivity index (χ4n) is 1.61. The summed E-state index contributed by atoms with van der Waals surface area (Å²) in [4.78, 5) is 12.0. The summed E-state index contributed by atoms with van der Waals surface area (Å²) >= 11 is 0. The minimum Gasteiger partial charge on any atom is -0.493 e. The molecule has 0 radical (unpaired) electrons. The molecule has 94 valence electrons. The lowest BCUT2D eigenvalue weighted by molar-refractivity contribution is 0.0977. The van der Waals surface area contributed by atoms with Crippen molar-refractivity contribution in [2.45, 2.75) is 40.5 Å². The summed E-state index contributed by atoms with van der Waals surface area (Å²) in [6.07, 6.45) is 1.46. The Morgan fingerprint density at radius 3 is 2.65 bits per heavy atom. The van der Waals surface area contributed by atoms with Crippen molar-refractivity contribution in [3.05, 3.63) is 29.3 Å². The summed E-state index contributed by atoms with van der Waals surface area (Å²) < 4.78 is 5.70. The van der Waals surface area contributed by atoms with Crippen LogP contribution in [-0.2, 0) is 0 Å². The zero-order chi connectivity index (χ0) is 12.8. The molecule has 0 fully saturated rings. The summed E-state index contributed by atoms with van der Waals surface area (Å²) in [5, 5.41) is 0. The average molecular weight is 234 g/mol. The molecule has 0 bridgehead atoms. The molecule has 2 nitrogen and oxygen atoms in total. The van der Waals surface area contributed by atoms with Gasteiger partial charge in [-0.1, -0.05) is 32.4 Å². The van der Waals surface area contributed by atoms with Crippen molar-refractivity contribution >= 4 is 5.78 Å². The third kappa shape index (κ3) is 4.22. The molecule has 0 amide bonds. The third-order valence-corrected chi connectivity index (χ3v) is 2.48. The van der Waals surface area contributed by atoms with Crippen molar-refractivity contribution in [1.82, 2.24) is 0 Å². The predicted molar refractivity (Wildman–Crippen MR) is 70.8 cm³/mol. The molecule has 0 N–H and O–H groups in total. The average Bonchev–Trinajstić information content (AvgIpc) is 2.27. The van der Waals surface area contributed by atoms with Gasteiger partial charge in [0.25, 0.3) is 0 Å². The quantitative estimate of drug-likeness (QED) is 0.695. The summed E-state index contributed by atoms with van der Waals surface area (Å²) in [5.74, 6) is 1.36. The molecular weight excluding hydrogens is 212 g/mol. The lowest BCUT2D eigenvalue weighted by Gasteiger charge is -2.13. The molecule has 17 heavy (non-hydrogen) atoms.